The first-order chi connectivity index (χ1) is 13.4. The Balaban J connectivity index is 1.53. The number of nitrogens with one attached hydrogen (secondary N) is 2. The maximum Gasteiger partial charge on any atom is 0.171 e. The van der Waals surface area contributed by atoms with Crippen LogP contribution in [-0.4, -0.2) is 18.2 Å². The smallest absolute Gasteiger partial charge is 0.171 e. The highest BCUT2D eigenvalue weighted by molar-refractivity contribution is 7.80. The molecule has 3 rings (SSSR count). The standard InChI is InChI=1S/C24H33N3S/c1-17(2)20-5-9-22(10-6-20)26-24(28)25-19(4)21-7-11-23(12-8-21)27-15-13-18(3)14-16-27/h5-12,17-19H,13-16H2,1-4H3,(H2,25,26,28)/t19-/m0/s1. The van der Waals surface area contributed by atoms with E-state index in [1.54, 1.807) is 0 Å². The van der Waals surface area contributed by atoms with Gasteiger partial charge in [0.2, 0.25) is 0 Å². The summed E-state index contributed by atoms with van der Waals surface area (Å²) in [5.41, 5.74) is 4.92. The lowest BCUT2D eigenvalue weighted by molar-refractivity contribution is 0.438. The predicted octanol–water partition coefficient (Wildman–Crippen LogP) is 6.09. The molecule has 1 saturated heterocycles. The molecule has 0 aromatic heterocycles. The molecule has 1 fully saturated rings. The highest BCUT2D eigenvalue weighted by Gasteiger charge is 2.16. The van der Waals surface area contributed by atoms with Gasteiger partial charge >= 0.3 is 0 Å². The van der Waals surface area contributed by atoms with Crippen molar-refractivity contribution in [3.05, 3.63) is 59.7 Å². The number of hydrogen-bond acceptors (Lipinski definition) is 2. The van der Waals surface area contributed by atoms with Gasteiger partial charge in [-0.15, -0.1) is 0 Å². The van der Waals surface area contributed by atoms with E-state index in [0.29, 0.717) is 11.0 Å². The predicted molar refractivity (Wildman–Crippen MR) is 125 cm³/mol. The third-order valence-corrected chi connectivity index (χ3v) is 5.94. The fourth-order valence-electron chi connectivity index (χ4n) is 3.64. The van der Waals surface area contributed by atoms with Crippen LogP contribution in [0.15, 0.2) is 48.5 Å². The van der Waals surface area contributed by atoms with E-state index in [2.05, 4.69) is 91.8 Å². The number of thiocarbonyl (C=S) groups is 1. The summed E-state index contributed by atoms with van der Waals surface area (Å²) in [7, 11) is 0. The van der Waals surface area contributed by atoms with Crippen molar-refractivity contribution in [3.8, 4) is 0 Å². The molecule has 1 heterocycles. The molecule has 2 aromatic carbocycles. The molecule has 0 amide bonds. The monoisotopic (exact) mass is 395 g/mol. The van der Waals surface area contributed by atoms with Gasteiger partial charge in [0.25, 0.3) is 0 Å². The molecule has 28 heavy (non-hydrogen) atoms. The first-order valence-electron chi connectivity index (χ1n) is 10.4. The molecule has 1 atom stereocenters. The second-order valence-corrected chi connectivity index (χ2v) is 8.77. The van der Waals surface area contributed by atoms with E-state index in [9.17, 15) is 0 Å². The van der Waals surface area contributed by atoms with Crippen LogP contribution in [0.1, 0.15) is 63.6 Å². The van der Waals surface area contributed by atoms with Crippen molar-refractivity contribution >= 4 is 28.7 Å². The van der Waals surface area contributed by atoms with Gasteiger partial charge in [0.1, 0.15) is 0 Å². The van der Waals surface area contributed by atoms with Gasteiger partial charge in [0, 0.05) is 24.5 Å². The van der Waals surface area contributed by atoms with Crippen molar-refractivity contribution in [2.24, 2.45) is 5.92 Å². The maximum atomic E-state index is 5.51. The van der Waals surface area contributed by atoms with E-state index in [0.717, 1.165) is 24.7 Å². The molecule has 0 unspecified atom stereocenters. The van der Waals surface area contributed by atoms with Crippen LogP contribution < -0.4 is 15.5 Å². The van der Waals surface area contributed by atoms with E-state index in [-0.39, 0.29) is 6.04 Å². The van der Waals surface area contributed by atoms with E-state index in [1.807, 2.05) is 0 Å². The Hall–Kier alpha value is -2.07. The van der Waals surface area contributed by atoms with Crippen LogP contribution in [0.2, 0.25) is 0 Å². The number of benzene rings is 2. The third kappa shape index (κ3) is 5.48. The fourth-order valence-corrected chi connectivity index (χ4v) is 3.93. The molecule has 1 aliphatic rings. The van der Waals surface area contributed by atoms with Crippen LogP contribution in [0.4, 0.5) is 11.4 Å². The first-order valence-corrected chi connectivity index (χ1v) is 10.9. The highest BCUT2D eigenvalue weighted by atomic mass is 32.1. The van der Waals surface area contributed by atoms with Crippen molar-refractivity contribution in [2.45, 2.75) is 52.5 Å². The van der Waals surface area contributed by atoms with Gasteiger partial charge in [-0.2, -0.15) is 0 Å². The lowest BCUT2D eigenvalue weighted by Gasteiger charge is -2.32. The quantitative estimate of drug-likeness (QED) is 0.599. The molecule has 3 nitrogen and oxygen atoms in total. The van der Waals surface area contributed by atoms with Gasteiger partial charge in [-0.3, -0.25) is 0 Å². The van der Waals surface area contributed by atoms with Crippen LogP contribution in [0.25, 0.3) is 0 Å². The summed E-state index contributed by atoms with van der Waals surface area (Å²) >= 11 is 5.51. The van der Waals surface area contributed by atoms with Crippen molar-refractivity contribution in [2.75, 3.05) is 23.3 Å². The minimum absolute atomic E-state index is 0.158. The van der Waals surface area contributed by atoms with Crippen molar-refractivity contribution in [1.29, 1.82) is 0 Å². The molecular formula is C24H33N3S. The van der Waals surface area contributed by atoms with Crippen molar-refractivity contribution < 1.29 is 0 Å². The van der Waals surface area contributed by atoms with Gasteiger partial charge in [0.15, 0.2) is 5.11 Å². The number of hydrogen-bond donors (Lipinski definition) is 2. The second-order valence-electron chi connectivity index (χ2n) is 8.36. The van der Waals surface area contributed by atoms with Crippen LogP contribution in [0, 0.1) is 5.92 Å². The topological polar surface area (TPSA) is 27.3 Å². The largest absolute Gasteiger partial charge is 0.372 e. The van der Waals surface area contributed by atoms with Gasteiger partial charge in [-0.25, -0.2) is 0 Å². The van der Waals surface area contributed by atoms with Gasteiger partial charge in [-0.1, -0.05) is 45.0 Å². The first kappa shape index (κ1) is 20.7. The van der Waals surface area contributed by atoms with Crippen LogP contribution in [0.3, 0.4) is 0 Å². The van der Waals surface area contributed by atoms with Crippen LogP contribution >= 0.6 is 12.2 Å². The minimum atomic E-state index is 0.158. The van der Waals surface area contributed by atoms with E-state index in [1.165, 1.54) is 29.7 Å². The van der Waals surface area contributed by atoms with Crippen molar-refractivity contribution in [1.82, 2.24) is 5.32 Å². The molecule has 2 aromatic rings. The minimum Gasteiger partial charge on any atom is -0.372 e. The van der Waals surface area contributed by atoms with E-state index >= 15 is 0 Å². The zero-order chi connectivity index (χ0) is 20.1. The summed E-state index contributed by atoms with van der Waals surface area (Å²) in [5, 5.41) is 7.33. The van der Waals surface area contributed by atoms with Crippen LogP contribution in [-0.2, 0) is 0 Å². The Kier molecular flexibility index (Phi) is 6.95. The molecule has 2 N–H and O–H groups in total. The summed E-state index contributed by atoms with van der Waals surface area (Å²) in [6, 6.07) is 17.5. The van der Waals surface area contributed by atoms with Gasteiger partial charge < -0.3 is 15.5 Å². The Morgan fingerprint density at radius 1 is 0.929 bits per heavy atom. The molecule has 0 aliphatic carbocycles. The molecule has 4 heteroatoms. The lowest BCUT2D eigenvalue weighted by atomic mass is 9.98. The normalized spacial score (nSPS) is 16.1. The van der Waals surface area contributed by atoms with E-state index < -0.39 is 0 Å². The number of anilines is 2. The molecular weight excluding hydrogens is 362 g/mol. The summed E-state index contributed by atoms with van der Waals surface area (Å²) in [6.45, 7) is 11.2. The average molecular weight is 396 g/mol. The maximum absolute atomic E-state index is 5.51. The number of piperidine rings is 1. The van der Waals surface area contributed by atoms with Gasteiger partial charge in [0.05, 0.1) is 6.04 Å². The molecule has 0 saturated carbocycles. The second kappa shape index (κ2) is 9.42. The SMILES string of the molecule is CC1CCN(c2ccc([C@H](C)NC(=S)Nc3ccc(C(C)C)cc3)cc2)CC1. The summed E-state index contributed by atoms with van der Waals surface area (Å²) in [5.74, 6) is 1.39. The highest BCUT2D eigenvalue weighted by Crippen LogP contribution is 2.24. The average Bonchev–Trinajstić information content (AvgIpc) is 2.69. The lowest BCUT2D eigenvalue weighted by Crippen LogP contribution is -2.33. The Bertz CT molecular complexity index is 759. The third-order valence-electron chi connectivity index (χ3n) is 5.72. The Morgan fingerprint density at radius 3 is 2.07 bits per heavy atom. The number of rotatable bonds is 5. The summed E-state index contributed by atoms with van der Waals surface area (Å²) < 4.78 is 0. The molecule has 1 aliphatic heterocycles. The Morgan fingerprint density at radius 2 is 1.50 bits per heavy atom. The zero-order valence-electron chi connectivity index (χ0n) is 17.5. The fraction of sp³-hybridized carbons (Fsp3) is 0.458. The van der Waals surface area contributed by atoms with Crippen LogP contribution in [0.5, 0.6) is 0 Å². The molecule has 0 bridgehead atoms. The molecule has 150 valence electrons. The van der Waals surface area contributed by atoms with Crippen molar-refractivity contribution in [3.63, 3.8) is 0 Å². The zero-order valence-corrected chi connectivity index (χ0v) is 18.4. The Labute approximate surface area is 175 Å². The summed E-state index contributed by atoms with van der Waals surface area (Å²) in [4.78, 5) is 2.49. The van der Waals surface area contributed by atoms with Gasteiger partial charge in [-0.05, 0) is 79.2 Å². The molecule has 0 spiro atoms. The van der Waals surface area contributed by atoms with E-state index in [4.69, 9.17) is 12.2 Å². The number of nitrogens with zero attached hydrogens (tertiary/aromatic N) is 1. The summed E-state index contributed by atoms with van der Waals surface area (Å²) in [6.07, 6.45) is 2.58. The molecule has 0 radical (unpaired) electrons.